The highest BCUT2D eigenvalue weighted by Gasteiger charge is 2.28. The van der Waals surface area contributed by atoms with Gasteiger partial charge in [0.1, 0.15) is 24.6 Å². The fourth-order valence-corrected chi connectivity index (χ4v) is 4.17. The molecule has 2 atom stereocenters. The second kappa shape index (κ2) is 10.2. The van der Waals surface area contributed by atoms with Crippen molar-refractivity contribution in [1.29, 1.82) is 0 Å². The van der Waals surface area contributed by atoms with Crippen LogP contribution in [-0.4, -0.2) is 49.6 Å². The number of hydrogen-bond donors (Lipinski definition) is 2. The molecule has 0 saturated carbocycles. The van der Waals surface area contributed by atoms with E-state index in [1.807, 2.05) is 63.2 Å². The molecule has 2 N–H and O–H groups in total. The van der Waals surface area contributed by atoms with Crippen LogP contribution in [0.2, 0.25) is 0 Å². The molecule has 2 aromatic carbocycles. The van der Waals surface area contributed by atoms with E-state index < -0.39 is 11.7 Å². The minimum absolute atomic E-state index is 0.0438. The number of hydrogen-bond acceptors (Lipinski definition) is 6. The van der Waals surface area contributed by atoms with Gasteiger partial charge in [0.2, 0.25) is 0 Å². The molecule has 8 nitrogen and oxygen atoms in total. The molecule has 4 rings (SSSR count). The third-order valence-corrected chi connectivity index (χ3v) is 5.77. The largest absolute Gasteiger partial charge is 0.491 e. The van der Waals surface area contributed by atoms with E-state index in [1.165, 1.54) is 0 Å². The molecule has 2 aromatic rings. The van der Waals surface area contributed by atoms with Crippen molar-refractivity contribution in [3.05, 3.63) is 59.7 Å². The number of carbonyl (C=O) groups excluding carboxylic acids is 2. The fraction of sp³-hybridized carbons (Fsp3) is 0.462. The zero-order valence-corrected chi connectivity index (χ0v) is 20.0. The number of carbonyl (C=O) groups is 2. The summed E-state index contributed by atoms with van der Waals surface area (Å²) in [4.78, 5) is 26.5. The van der Waals surface area contributed by atoms with Gasteiger partial charge in [-0.15, -0.1) is 0 Å². The predicted octanol–water partition coefficient (Wildman–Crippen LogP) is 4.02. The van der Waals surface area contributed by atoms with Crippen molar-refractivity contribution in [3.8, 4) is 5.75 Å². The normalized spacial score (nSPS) is 19.6. The maximum Gasteiger partial charge on any atom is 0.407 e. The van der Waals surface area contributed by atoms with Gasteiger partial charge in [0.15, 0.2) is 0 Å². The molecule has 2 amide bonds. The van der Waals surface area contributed by atoms with Crippen LogP contribution >= 0.6 is 0 Å². The number of amides is 2. The summed E-state index contributed by atoms with van der Waals surface area (Å²) in [5, 5.41) is 5.85. The lowest BCUT2D eigenvalue weighted by Gasteiger charge is -2.28. The summed E-state index contributed by atoms with van der Waals surface area (Å²) in [6.45, 7) is 7.75. The molecule has 8 heteroatoms. The number of rotatable bonds is 5. The quantitative estimate of drug-likeness (QED) is 0.691. The Morgan fingerprint density at radius 1 is 1.06 bits per heavy atom. The van der Waals surface area contributed by atoms with Gasteiger partial charge in [-0.3, -0.25) is 0 Å². The van der Waals surface area contributed by atoms with Gasteiger partial charge in [0.05, 0.1) is 12.1 Å². The predicted molar refractivity (Wildman–Crippen MR) is 129 cm³/mol. The van der Waals surface area contributed by atoms with Gasteiger partial charge in [-0.05, 0) is 50.8 Å². The fourth-order valence-electron chi connectivity index (χ4n) is 4.17. The summed E-state index contributed by atoms with van der Waals surface area (Å²) in [5.74, 6) is 0.830. The minimum Gasteiger partial charge on any atom is -0.491 e. The van der Waals surface area contributed by atoms with Crippen molar-refractivity contribution >= 4 is 17.9 Å². The molecule has 2 heterocycles. The van der Waals surface area contributed by atoms with E-state index in [-0.39, 0.29) is 24.8 Å². The smallest absolute Gasteiger partial charge is 0.407 e. The Hall–Kier alpha value is -3.42. The summed E-state index contributed by atoms with van der Waals surface area (Å²) >= 11 is 0. The highest BCUT2D eigenvalue weighted by molar-refractivity contribution is 5.69. The number of anilines is 1. The van der Waals surface area contributed by atoms with Gasteiger partial charge in [-0.1, -0.05) is 36.4 Å². The third kappa shape index (κ3) is 6.56. The van der Waals surface area contributed by atoms with Gasteiger partial charge in [0, 0.05) is 24.8 Å². The second-order valence-electron chi connectivity index (χ2n) is 9.79. The van der Waals surface area contributed by atoms with E-state index in [4.69, 9.17) is 14.2 Å². The van der Waals surface area contributed by atoms with Crippen molar-refractivity contribution in [2.24, 2.45) is 0 Å². The third-order valence-electron chi connectivity index (χ3n) is 5.77. The molecule has 2 aliphatic rings. The van der Waals surface area contributed by atoms with Gasteiger partial charge >= 0.3 is 12.2 Å². The van der Waals surface area contributed by atoms with Crippen molar-refractivity contribution in [3.63, 3.8) is 0 Å². The lowest BCUT2D eigenvalue weighted by atomic mass is 10.0. The number of benzene rings is 2. The standard InChI is InChI=1S/C26H33N3O5/c1-26(2,3)34-25(31)27-20-11-12-29(15-20)22-10-9-19-13-21(17-32-23(19)14-22)28-24(30)33-16-18-7-5-4-6-8-18/h4-10,14,20-21H,11-13,15-17H2,1-3H3,(H,27,31)(H,28,30)/t20-,21-/m1/s1. The highest BCUT2D eigenvalue weighted by Crippen LogP contribution is 2.31. The van der Waals surface area contributed by atoms with Crippen molar-refractivity contribution < 1.29 is 23.8 Å². The van der Waals surface area contributed by atoms with Crippen LogP contribution in [0.3, 0.4) is 0 Å². The van der Waals surface area contributed by atoms with Crippen molar-refractivity contribution in [2.75, 3.05) is 24.6 Å². The molecule has 34 heavy (non-hydrogen) atoms. The van der Waals surface area contributed by atoms with Crippen LogP contribution in [-0.2, 0) is 22.5 Å². The number of alkyl carbamates (subject to hydrolysis) is 2. The molecule has 0 radical (unpaired) electrons. The molecule has 1 fully saturated rings. The monoisotopic (exact) mass is 467 g/mol. The lowest BCUT2D eigenvalue weighted by Crippen LogP contribution is -2.43. The molecular weight excluding hydrogens is 434 g/mol. The Labute approximate surface area is 200 Å². The molecular formula is C26H33N3O5. The summed E-state index contributed by atoms with van der Waals surface area (Å²) in [6, 6.07) is 15.6. The Kier molecular flexibility index (Phi) is 7.14. The van der Waals surface area contributed by atoms with Crippen LogP contribution in [0.15, 0.2) is 48.5 Å². The molecule has 2 aliphatic heterocycles. The first kappa shape index (κ1) is 23.7. The zero-order valence-electron chi connectivity index (χ0n) is 20.0. The minimum atomic E-state index is -0.510. The van der Waals surface area contributed by atoms with E-state index in [0.29, 0.717) is 13.0 Å². The number of ether oxygens (including phenoxy) is 3. The van der Waals surface area contributed by atoms with Gasteiger partial charge < -0.3 is 29.7 Å². The van der Waals surface area contributed by atoms with Crippen LogP contribution in [0.5, 0.6) is 5.75 Å². The van der Waals surface area contributed by atoms with Gasteiger partial charge in [-0.25, -0.2) is 9.59 Å². The highest BCUT2D eigenvalue weighted by atomic mass is 16.6. The first-order valence-corrected chi connectivity index (χ1v) is 11.7. The van der Waals surface area contributed by atoms with Gasteiger partial charge in [0.25, 0.3) is 0 Å². The summed E-state index contributed by atoms with van der Waals surface area (Å²) < 4.78 is 16.6. The van der Waals surface area contributed by atoms with Crippen LogP contribution < -0.4 is 20.3 Å². The first-order valence-electron chi connectivity index (χ1n) is 11.7. The van der Waals surface area contributed by atoms with E-state index in [2.05, 4.69) is 21.6 Å². The number of nitrogens with zero attached hydrogens (tertiary/aromatic N) is 1. The van der Waals surface area contributed by atoms with Gasteiger partial charge in [-0.2, -0.15) is 0 Å². The second-order valence-corrected chi connectivity index (χ2v) is 9.79. The summed E-state index contributed by atoms with van der Waals surface area (Å²) in [5.41, 5.74) is 2.54. The maximum absolute atomic E-state index is 12.2. The molecule has 0 aromatic heterocycles. The van der Waals surface area contributed by atoms with Crippen molar-refractivity contribution in [2.45, 2.75) is 57.9 Å². The molecule has 0 bridgehead atoms. The zero-order chi connectivity index (χ0) is 24.1. The average molecular weight is 468 g/mol. The average Bonchev–Trinajstić information content (AvgIpc) is 3.25. The van der Waals surface area contributed by atoms with Crippen LogP contribution in [0.1, 0.15) is 38.3 Å². The van der Waals surface area contributed by atoms with Crippen LogP contribution in [0, 0.1) is 0 Å². The molecule has 0 aliphatic carbocycles. The summed E-state index contributed by atoms with van der Waals surface area (Å²) in [7, 11) is 0. The number of fused-ring (bicyclic) bond motifs is 1. The molecule has 182 valence electrons. The van der Waals surface area contributed by atoms with E-state index in [0.717, 1.165) is 42.1 Å². The molecule has 0 unspecified atom stereocenters. The Balaban J connectivity index is 1.26. The molecule has 0 spiro atoms. The first-order chi connectivity index (χ1) is 16.2. The Morgan fingerprint density at radius 3 is 2.59 bits per heavy atom. The summed E-state index contributed by atoms with van der Waals surface area (Å²) in [6.07, 6.45) is 0.708. The van der Waals surface area contributed by atoms with E-state index >= 15 is 0 Å². The van der Waals surface area contributed by atoms with E-state index in [9.17, 15) is 9.59 Å². The van der Waals surface area contributed by atoms with Crippen molar-refractivity contribution in [1.82, 2.24) is 10.6 Å². The Morgan fingerprint density at radius 2 is 1.82 bits per heavy atom. The number of nitrogens with one attached hydrogen (secondary N) is 2. The molecule has 1 saturated heterocycles. The SMILES string of the molecule is CC(C)(C)OC(=O)N[C@@H]1CCN(c2ccc3c(c2)OC[C@H](NC(=O)OCc2ccccc2)C3)C1. The lowest BCUT2D eigenvalue weighted by molar-refractivity contribution is 0.0509. The van der Waals surface area contributed by atoms with Crippen LogP contribution in [0.25, 0.3) is 0 Å². The van der Waals surface area contributed by atoms with E-state index in [1.54, 1.807) is 0 Å². The Bertz CT molecular complexity index is 1010. The maximum atomic E-state index is 12.2. The topological polar surface area (TPSA) is 89.1 Å². The van der Waals surface area contributed by atoms with Crippen LogP contribution in [0.4, 0.5) is 15.3 Å².